The van der Waals surface area contributed by atoms with E-state index in [9.17, 15) is 0 Å². The molecule has 0 aliphatic carbocycles. The van der Waals surface area contributed by atoms with Gasteiger partial charge < -0.3 is 5.11 Å². The molecule has 0 saturated heterocycles. The molecule has 2 nitrogen and oxygen atoms in total. The van der Waals surface area contributed by atoms with Crippen LogP contribution in [0.4, 0.5) is 0 Å². The number of nitrogens with zero attached hydrogens (tertiary/aromatic N) is 1. The summed E-state index contributed by atoms with van der Waals surface area (Å²) in [7, 11) is 0. The van der Waals surface area contributed by atoms with Crippen molar-refractivity contribution < 1.29 is 5.11 Å². The van der Waals surface area contributed by atoms with Crippen LogP contribution in [-0.2, 0) is 0 Å². The Morgan fingerprint density at radius 2 is 2.36 bits per heavy atom. The monoisotopic (exact) mass is 233 g/mol. The summed E-state index contributed by atoms with van der Waals surface area (Å²) >= 11 is 4.91. The Morgan fingerprint density at radius 3 is 3.00 bits per heavy atom. The number of halogens is 1. The molecular formula is C7H8BrNOS. The summed E-state index contributed by atoms with van der Waals surface area (Å²) in [5.74, 6) is 0.720. The first-order valence-corrected chi connectivity index (χ1v) is 4.95. The fourth-order valence-electron chi connectivity index (χ4n) is 0.635. The summed E-state index contributed by atoms with van der Waals surface area (Å²) in [6, 6.07) is 1.98. The van der Waals surface area contributed by atoms with E-state index in [0.29, 0.717) is 0 Å². The molecule has 11 heavy (non-hydrogen) atoms. The van der Waals surface area contributed by atoms with E-state index in [1.165, 1.54) is 0 Å². The second-order valence-corrected chi connectivity index (χ2v) is 3.99. The van der Waals surface area contributed by atoms with Gasteiger partial charge in [0.25, 0.3) is 0 Å². The van der Waals surface area contributed by atoms with Gasteiger partial charge in [-0.25, -0.2) is 0 Å². The van der Waals surface area contributed by atoms with Gasteiger partial charge in [-0.15, -0.1) is 11.8 Å². The molecule has 4 heteroatoms. The Labute approximate surface area is 78.2 Å². The lowest BCUT2D eigenvalue weighted by Gasteiger charge is -1.97. The molecule has 0 spiro atoms. The standard InChI is InChI=1S/C7H8BrNOS/c8-6-3-7(5-9-4-6)11-2-1-10/h3-5,10H,1-2H2. The maximum absolute atomic E-state index is 8.54. The average Bonchev–Trinajstić information content (AvgIpc) is 2.01. The molecule has 60 valence electrons. The highest BCUT2D eigenvalue weighted by molar-refractivity contribution is 9.10. The van der Waals surface area contributed by atoms with Gasteiger partial charge in [0.1, 0.15) is 0 Å². The molecule has 0 radical (unpaired) electrons. The largest absolute Gasteiger partial charge is 0.396 e. The van der Waals surface area contributed by atoms with Gasteiger partial charge in [0.05, 0.1) is 6.61 Å². The fraction of sp³-hybridized carbons (Fsp3) is 0.286. The van der Waals surface area contributed by atoms with Crippen LogP contribution < -0.4 is 0 Å². The Kier molecular flexibility index (Phi) is 3.90. The minimum absolute atomic E-state index is 0.206. The van der Waals surface area contributed by atoms with Gasteiger partial charge in [0, 0.05) is 27.5 Å². The van der Waals surface area contributed by atoms with Crippen LogP contribution in [0.3, 0.4) is 0 Å². The molecule has 0 aromatic carbocycles. The molecule has 0 atom stereocenters. The molecule has 0 unspecified atom stereocenters. The predicted molar refractivity (Wildman–Crippen MR) is 49.7 cm³/mol. The second kappa shape index (κ2) is 4.74. The van der Waals surface area contributed by atoms with Crippen molar-refractivity contribution in [3.63, 3.8) is 0 Å². The molecular weight excluding hydrogens is 226 g/mol. The zero-order valence-electron chi connectivity index (χ0n) is 5.83. The second-order valence-electron chi connectivity index (χ2n) is 1.91. The molecule has 1 aromatic rings. The summed E-state index contributed by atoms with van der Waals surface area (Å²) in [6.07, 6.45) is 3.52. The SMILES string of the molecule is OCCSc1cncc(Br)c1. The quantitative estimate of drug-likeness (QED) is 0.811. The summed E-state index contributed by atoms with van der Waals surface area (Å²) in [5.41, 5.74) is 0. The first-order valence-electron chi connectivity index (χ1n) is 3.17. The van der Waals surface area contributed by atoms with Gasteiger partial charge in [0.15, 0.2) is 0 Å². The predicted octanol–water partition coefficient (Wildman–Crippen LogP) is 1.93. The molecule has 0 saturated carbocycles. The van der Waals surface area contributed by atoms with Crippen LogP contribution in [0, 0.1) is 0 Å². The highest BCUT2D eigenvalue weighted by Gasteiger charge is 1.93. The average molecular weight is 234 g/mol. The Bertz CT molecular complexity index is 231. The number of hydrogen-bond acceptors (Lipinski definition) is 3. The Balaban J connectivity index is 2.56. The third kappa shape index (κ3) is 3.22. The molecule has 0 aliphatic rings. The third-order valence-corrected chi connectivity index (χ3v) is 2.42. The number of rotatable bonds is 3. The van der Waals surface area contributed by atoms with Crippen LogP contribution in [0.15, 0.2) is 27.8 Å². The van der Waals surface area contributed by atoms with E-state index < -0.39 is 0 Å². The van der Waals surface area contributed by atoms with Gasteiger partial charge >= 0.3 is 0 Å². The van der Waals surface area contributed by atoms with Crippen molar-refractivity contribution in [2.45, 2.75) is 4.90 Å². The smallest absolute Gasteiger partial charge is 0.0525 e. The Hall–Kier alpha value is -0.0600. The van der Waals surface area contributed by atoms with E-state index in [0.717, 1.165) is 15.1 Å². The molecule has 1 heterocycles. The van der Waals surface area contributed by atoms with Crippen LogP contribution in [0.25, 0.3) is 0 Å². The van der Waals surface area contributed by atoms with Crippen molar-refractivity contribution >= 4 is 27.7 Å². The van der Waals surface area contributed by atoms with Gasteiger partial charge in [-0.05, 0) is 22.0 Å². The highest BCUT2D eigenvalue weighted by atomic mass is 79.9. The van der Waals surface area contributed by atoms with E-state index in [1.807, 2.05) is 6.07 Å². The number of thioether (sulfide) groups is 1. The first-order chi connectivity index (χ1) is 5.33. The summed E-state index contributed by atoms with van der Waals surface area (Å²) < 4.78 is 0.973. The van der Waals surface area contributed by atoms with E-state index in [-0.39, 0.29) is 6.61 Å². The number of pyridine rings is 1. The maximum atomic E-state index is 8.54. The lowest BCUT2D eigenvalue weighted by Crippen LogP contribution is -1.85. The van der Waals surface area contributed by atoms with E-state index in [1.54, 1.807) is 24.2 Å². The molecule has 1 aromatic heterocycles. The minimum atomic E-state index is 0.206. The maximum Gasteiger partial charge on any atom is 0.0525 e. The lowest BCUT2D eigenvalue weighted by molar-refractivity contribution is 0.322. The topological polar surface area (TPSA) is 33.1 Å². The summed E-state index contributed by atoms with van der Waals surface area (Å²) in [4.78, 5) is 5.07. The van der Waals surface area contributed by atoms with Crippen LogP contribution in [0.5, 0.6) is 0 Å². The van der Waals surface area contributed by atoms with Crippen molar-refractivity contribution in [3.8, 4) is 0 Å². The van der Waals surface area contributed by atoms with Crippen molar-refractivity contribution in [2.24, 2.45) is 0 Å². The molecule has 0 aliphatic heterocycles. The van der Waals surface area contributed by atoms with Gasteiger partial charge in [0.2, 0.25) is 0 Å². The number of hydrogen-bond donors (Lipinski definition) is 1. The van der Waals surface area contributed by atoms with E-state index >= 15 is 0 Å². The molecule has 0 amide bonds. The van der Waals surface area contributed by atoms with E-state index in [2.05, 4.69) is 20.9 Å². The lowest BCUT2D eigenvalue weighted by atomic mass is 10.5. The van der Waals surface area contributed by atoms with Gasteiger partial charge in [-0.3, -0.25) is 4.98 Å². The molecule has 1 rings (SSSR count). The summed E-state index contributed by atoms with van der Waals surface area (Å²) in [6.45, 7) is 0.206. The van der Waals surface area contributed by atoms with Crippen molar-refractivity contribution in [1.82, 2.24) is 4.98 Å². The number of aliphatic hydroxyl groups is 1. The highest BCUT2D eigenvalue weighted by Crippen LogP contribution is 2.19. The summed E-state index contributed by atoms with van der Waals surface area (Å²) in [5, 5.41) is 8.54. The van der Waals surface area contributed by atoms with Crippen molar-refractivity contribution in [1.29, 1.82) is 0 Å². The van der Waals surface area contributed by atoms with Crippen LogP contribution in [0.1, 0.15) is 0 Å². The zero-order valence-corrected chi connectivity index (χ0v) is 8.23. The zero-order chi connectivity index (χ0) is 8.10. The molecule has 0 fully saturated rings. The minimum Gasteiger partial charge on any atom is -0.396 e. The normalized spacial score (nSPS) is 10.0. The molecule has 0 bridgehead atoms. The van der Waals surface area contributed by atoms with Gasteiger partial charge in [-0.1, -0.05) is 0 Å². The van der Waals surface area contributed by atoms with E-state index in [4.69, 9.17) is 5.11 Å². The number of aliphatic hydroxyl groups excluding tert-OH is 1. The Morgan fingerprint density at radius 1 is 1.55 bits per heavy atom. The van der Waals surface area contributed by atoms with Crippen molar-refractivity contribution in [2.75, 3.05) is 12.4 Å². The fourth-order valence-corrected chi connectivity index (χ4v) is 1.82. The third-order valence-electron chi connectivity index (χ3n) is 1.04. The molecule has 1 N–H and O–H groups in total. The van der Waals surface area contributed by atoms with Gasteiger partial charge in [-0.2, -0.15) is 0 Å². The van der Waals surface area contributed by atoms with Crippen molar-refractivity contribution in [3.05, 3.63) is 22.9 Å². The van der Waals surface area contributed by atoms with Crippen LogP contribution in [-0.4, -0.2) is 22.5 Å². The number of aromatic nitrogens is 1. The first kappa shape index (κ1) is 9.03. The van der Waals surface area contributed by atoms with Crippen LogP contribution >= 0.6 is 27.7 Å². The van der Waals surface area contributed by atoms with Crippen LogP contribution in [0.2, 0.25) is 0 Å².